The van der Waals surface area contributed by atoms with Crippen LogP contribution in [-0.4, -0.2) is 25.9 Å². The molecule has 0 amide bonds. The monoisotopic (exact) mass is 195 g/mol. The minimum absolute atomic E-state index is 0.257. The van der Waals surface area contributed by atoms with Crippen LogP contribution >= 0.6 is 0 Å². The van der Waals surface area contributed by atoms with Crippen molar-refractivity contribution in [2.24, 2.45) is 5.41 Å². The molecule has 3 heteroatoms. The zero-order valence-electron chi connectivity index (χ0n) is 8.50. The molecule has 0 saturated carbocycles. The first-order valence-electron chi connectivity index (χ1n) is 5.45. The fraction of sp³-hybridized carbons (Fsp3) is 0.909. The van der Waals surface area contributed by atoms with Gasteiger partial charge in [0.1, 0.15) is 0 Å². The first kappa shape index (κ1) is 9.95. The maximum absolute atomic E-state index is 9.22. The Labute approximate surface area is 85.0 Å². The Kier molecular flexibility index (Phi) is 3.05. The third-order valence-electron chi connectivity index (χ3n) is 3.20. The van der Waals surface area contributed by atoms with Crippen LogP contribution in [0.25, 0.3) is 0 Å². The molecule has 78 valence electrons. The summed E-state index contributed by atoms with van der Waals surface area (Å²) in [6, 6.07) is 2.44. The minimum Gasteiger partial charge on any atom is -0.380 e. The first-order chi connectivity index (χ1) is 6.85. The topological polar surface area (TPSA) is 42.2 Å². The Bertz CT molecular complexity index is 222. The van der Waals surface area contributed by atoms with E-state index in [1.165, 1.54) is 0 Å². The number of ether oxygens (including phenoxy) is 2. The van der Waals surface area contributed by atoms with Crippen LogP contribution in [0, 0.1) is 16.7 Å². The molecule has 14 heavy (non-hydrogen) atoms. The highest BCUT2D eigenvalue weighted by molar-refractivity contribution is 5.02. The maximum Gasteiger partial charge on any atom is 0.0832 e. The molecule has 0 bridgehead atoms. The molecule has 2 unspecified atom stereocenters. The summed E-state index contributed by atoms with van der Waals surface area (Å²) in [4.78, 5) is 0. The standard InChI is InChI=1S/C11H17NO2/c12-8-11(4-2-5-13-9-11)7-10-3-1-6-14-10/h10H,1-7,9H2. The summed E-state index contributed by atoms with van der Waals surface area (Å²) in [5.41, 5.74) is -0.257. The smallest absolute Gasteiger partial charge is 0.0832 e. The molecule has 2 fully saturated rings. The molecule has 0 spiro atoms. The summed E-state index contributed by atoms with van der Waals surface area (Å²) in [6.45, 7) is 2.28. The van der Waals surface area contributed by atoms with Gasteiger partial charge in [-0.15, -0.1) is 0 Å². The summed E-state index contributed by atoms with van der Waals surface area (Å²) in [5, 5.41) is 9.22. The summed E-state index contributed by atoms with van der Waals surface area (Å²) >= 11 is 0. The van der Waals surface area contributed by atoms with Gasteiger partial charge in [-0.2, -0.15) is 5.26 Å². The quantitative estimate of drug-likeness (QED) is 0.675. The predicted octanol–water partition coefficient (Wildman–Crippen LogP) is 1.88. The van der Waals surface area contributed by atoms with Gasteiger partial charge in [0.25, 0.3) is 0 Å². The van der Waals surface area contributed by atoms with E-state index in [0.717, 1.165) is 45.3 Å². The van der Waals surface area contributed by atoms with Crippen LogP contribution in [0.1, 0.15) is 32.1 Å². The fourth-order valence-corrected chi connectivity index (χ4v) is 2.39. The van der Waals surface area contributed by atoms with Gasteiger partial charge in [0.2, 0.25) is 0 Å². The number of hydrogen-bond donors (Lipinski definition) is 0. The largest absolute Gasteiger partial charge is 0.380 e. The molecule has 0 aromatic carbocycles. The van der Waals surface area contributed by atoms with Crippen LogP contribution in [0.3, 0.4) is 0 Å². The molecule has 2 atom stereocenters. The van der Waals surface area contributed by atoms with Crippen LogP contribution < -0.4 is 0 Å². The van der Waals surface area contributed by atoms with Crippen molar-refractivity contribution < 1.29 is 9.47 Å². The summed E-state index contributed by atoms with van der Waals surface area (Å²) < 4.78 is 11.0. The third kappa shape index (κ3) is 2.08. The lowest BCUT2D eigenvalue weighted by Crippen LogP contribution is -2.33. The van der Waals surface area contributed by atoms with E-state index in [9.17, 15) is 5.26 Å². The second kappa shape index (κ2) is 4.29. The fourth-order valence-electron chi connectivity index (χ4n) is 2.39. The van der Waals surface area contributed by atoms with Crippen molar-refractivity contribution in [1.82, 2.24) is 0 Å². The molecule has 2 rings (SSSR count). The van der Waals surface area contributed by atoms with Gasteiger partial charge in [-0.1, -0.05) is 0 Å². The van der Waals surface area contributed by atoms with Crippen LogP contribution in [0.4, 0.5) is 0 Å². The van der Waals surface area contributed by atoms with E-state index in [-0.39, 0.29) is 5.41 Å². The summed E-state index contributed by atoms with van der Waals surface area (Å²) in [5.74, 6) is 0. The SMILES string of the molecule is N#CC1(CC2CCCO2)CCCOC1. The summed E-state index contributed by atoms with van der Waals surface area (Å²) in [6.07, 6.45) is 5.42. The highest BCUT2D eigenvalue weighted by atomic mass is 16.5. The van der Waals surface area contributed by atoms with Crippen molar-refractivity contribution in [1.29, 1.82) is 5.26 Å². The molecule has 3 nitrogen and oxygen atoms in total. The zero-order chi connectivity index (χ0) is 9.86. The van der Waals surface area contributed by atoms with E-state index in [0.29, 0.717) is 12.7 Å². The third-order valence-corrected chi connectivity index (χ3v) is 3.20. The lowest BCUT2D eigenvalue weighted by atomic mass is 9.79. The molecular weight excluding hydrogens is 178 g/mol. The van der Waals surface area contributed by atoms with E-state index in [1.54, 1.807) is 0 Å². The summed E-state index contributed by atoms with van der Waals surface area (Å²) in [7, 11) is 0. The van der Waals surface area contributed by atoms with Crippen LogP contribution in [0.15, 0.2) is 0 Å². The Hall–Kier alpha value is -0.590. The number of hydrogen-bond acceptors (Lipinski definition) is 3. The van der Waals surface area contributed by atoms with Gasteiger partial charge in [-0.05, 0) is 32.1 Å². The van der Waals surface area contributed by atoms with Crippen molar-refractivity contribution in [2.45, 2.75) is 38.2 Å². The molecule has 0 aromatic rings. The Balaban J connectivity index is 1.93. The maximum atomic E-state index is 9.22. The van der Waals surface area contributed by atoms with Crippen molar-refractivity contribution in [3.05, 3.63) is 0 Å². The Morgan fingerprint density at radius 1 is 1.36 bits per heavy atom. The molecule has 2 aliphatic heterocycles. The Morgan fingerprint density at radius 2 is 2.29 bits per heavy atom. The van der Waals surface area contributed by atoms with Gasteiger partial charge < -0.3 is 9.47 Å². The highest BCUT2D eigenvalue weighted by Crippen LogP contribution is 2.35. The molecule has 2 heterocycles. The Morgan fingerprint density at radius 3 is 2.86 bits per heavy atom. The van der Waals surface area contributed by atoms with E-state index < -0.39 is 0 Å². The van der Waals surface area contributed by atoms with Crippen molar-refractivity contribution in [2.75, 3.05) is 19.8 Å². The van der Waals surface area contributed by atoms with Gasteiger partial charge in [0.15, 0.2) is 0 Å². The lowest BCUT2D eigenvalue weighted by molar-refractivity contribution is -0.0111. The molecule has 2 aliphatic rings. The average Bonchev–Trinajstić information content (AvgIpc) is 2.72. The van der Waals surface area contributed by atoms with Crippen molar-refractivity contribution >= 4 is 0 Å². The van der Waals surface area contributed by atoms with Gasteiger partial charge in [-0.25, -0.2) is 0 Å². The molecule has 0 aromatic heterocycles. The van der Waals surface area contributed by atoms with E-state index in [4.69, 9.17) is 9.47 Å². The van der Waals surface area contributed by atoms with Gasteiger partial charge >= 0.3 is 0 Å². The van der Waals surface area contributed by atoms with Gasteiger partial charge in [0, 0.05) is 13.2 Å². The first-order valence-corrected chi connectivity index (χ1v) is 5.45. The molecule has 2 saturated heterocycles. The van der Waals surface area contributed by atoms with Gasteiger partial charge in [0.05, 0.1) is 24.2 Å². The predicted molar refractivity (Wildman–Crippen MR) is 51.7 cm³/mol. The van der Waals surface area contributed by atoms with Gasteiger partial charge in [-0.3, -0.25) is 0 Å². The van der Waals surface area contributed by atoms with E-state index >= 15 is 0 Å². The van der Waals surface area contributed by atoms with E-state index in [1.807, 2.05) is 0 Å². The van der Waals surface area contributed by atoms with E-state index in [2.05, 4.69) is 6.07 Å². The number of rotatable bonds is 2. The number of nitriles is 1. The number of nitrogens with zero attached hydrogens (tertiary/aromatic N) is 1. The average molecular weight is 195 g/mol. The lowest BCUT2D eigenvalue weighted by Gasteiger charge is -2.32. The molecule has 0 N–H and O–H groups in total. The zero-order valence-corrected chi connectivity index (χ0v) is 8.50. The molecule has 0 radical (unpaired) electrons. The molecule has 0 aliphatic carbocycles. The van der Waals surface area contributed by atoms with Crippen LogP contribution in [0.5, 0.6) is 0 Å². The second-order valence-corrected chi connectivity index (χ2v) is 4.39. The second-order valence-electron chi connectivity index (χ2n) is 4.39. The minimum atomic E-state index is -0.257. The normalized spacial score (nSPS) is 38.1. The van der Waals surface area contributed by atoms with Crippen LogP contribution in [0.2, 0.25) is 0 Å². The highest BCUT2D eigenvalue weighted by Gasteiger charge is 2.36. The van der Waals surface area contributed by atoms with Crippen molar-refractivity contribution in [3.63, 3.8) is 0 Å². The molecular formula is C11H17NO2. The van der Waals surface area contributed by atoms with Crippen LogP contribution in [-0.2, 0) is 9.47 Å². The van der Waals surface area contributed by atoms with Crippen molar-refractivity contribution in [3.8, 4) is 6.07 Å².